The van der Waals surface area contributed by atoms with E-state index in [2.05, 4.69) is 161 Å². The zero-order valence-corrected chi connectivity index (χ0v) is 26.3. The van der Waals surface area contributed by atoms with Gasteiger partial charge in [0.2, 0.25) is 0 Å². The van der Waals surface area contributed by atoms with Gasteiger partial charge in [0, 0.05) is 59.0 Å². The topological polar surface area (TPSA) is 9.86 Å². The number of para-hydroxylation sites is 2. The minimum Gasteiger partial charge on any atom is -0.310 e. The van der Waals surface area contributed by atoms with Gasteiger partial charge in [0.05, 0.1) is 22.1 Å². The van der Waals surface area contributed by atoms with Gasteiger partial charge in [-0.05, 0) is 65.2 Å². The number of nitrogens with zero attached hydrogens (tertiary/aromatic N) is 2. The molecular weight excluding hydrogens is 589 g/mol. The van der Waals surface area contributed by atoms with E-state index in [4.69, 9.17) is 0 Å². The molecule has 0 bridgehead atoms. The van der Waals surface area contributed by atoms with E-state index < -0.39 is 0 Å². The van der Waals surface area contributed by atoms with Crippen LogP contribution in [0.25, 0.3) is 85.9 Å². The standard InChI is InChI=1S/C44H28N2S/c1-3-11-29-25-31(19-17-27(29)9-1)45-37-15-7-5-13-35(37)41-39(45)23-21-33-34-22-24-40-42(44(34)47-43(33)41)36-14-6-8-16-38(36)46(40)32-20-18-28-10-2-4-12-30(28)26-32/h1-17,19-26,28H,18H2. The molecule has 9 aromatic rings. The van der Waals surface area contributed by atoms with Crippen LogP contribution in [0.4, 0.5) is 0 Å². The van der Waals surface area contributed by atoms with Crippen LogP contribution in [0.3, 0.4) is 0 Å². The second-order valence-electron chi connectivity index (χ2n) is 12.9. The average molecular weight is 617 g/mol. The zero-order valence-electron chi connectivity index (χ0n) is 25.5. The van der Waals surface area contributed by atoms with Gasteiger partial charge in [-0.3, -0.25) is 0 Å². The Morgan fingerprint density at radius 3 is 1.98 bits per heavy atom. The maximum absolute atomic E-state index is 2.49. The molecule has 0 aliphatic heterocycles. The molecule has 220 valence electrons. The maximum Gasteiger partial charge on any atom is 0.0555 e. The van der Waals surface area contributed by atoms with Crippen molar-refractivity contribution in [2.75, 3.05) is 0 Å². The van der Waals surface area contributed by atoms with E-state index in [0.717, 1.165) is 6.42 Å². The highest BCUT2D eigenvalue weighted by atomic mass is 32.1. The summed E-state index contributed by atoms with van der Waals surface area (Å²) < 4.78 is 7.67. The molecule has 3 heteroatoms. The van der Waals surface area contributed by atoms with Crippen LogP contribution in [0.1, 0.15) is 6.42 Å². The molecule has 11 rings (SSSR count). The molecule has 0 saturated heterocycles. The zero-order chi connectivity index (χ0) is 30.6. The Balaban J connectivity index is 1.22. The summed E-state index contributed by atoms with van der Waals surface area (Å²) in [4.78, 5) is 0. The molecule has 0 fully saturated rings. The summed E-state index contributed by atoms with van der Waals surface area (Å²) >= 11 is 1.96. The van der Waals surface area contributed by atoms with Gasteiger partial charge in [-0.15, -0.1) is 11.3 Å². The third-order valence-corrected chi connectivity index (χ3v) is 11.6. The smallest absolute Gasteiger partial charge is 0.0555 e. The van der Waals surface area contributed by atoms with E-state index >= 15 is 0 Å². The molecule has 1 unspecified atom stereocenters. The van der Waals surface area contributed by atoms with Crippen LogP contribution in [0.5, 0.6) is 0 Å². The van der Waals surface area contributed by atoms with Crippen LogP contribution in [-0.2, 0) is 0 Å². The van der Waals surface area contributed by atoms with Crippen molar-refractivity contribution in [2.45, 2.75) is 6.42 Å². The first-order chi connectivity index (χ1) is 23.3. The summed E-state index contributed by atoms with van der Waals surface area (Å²) in [5.74, 6) is 0.477. The fourth-order valence-corrected chi connectivity index (χ4v) is 9.68. The van der Waals surface area contributed by atoms with Crippen molar-refractivity contribution in [3.05, 3.63) is 157 Å². The Kier molecular flexibility index (Phi) is 5.13. The van der Waals surface area contributed by atoms with Crippen LogP contribution in [-0.4, -0.2) is 9.13 Å². The maximum atomic E-state index is 2.49. The summed E-state index contributed by atoms with van der Waals surface area (Å²) in [6.45, 7) is 0. The molecule has 2 aliphatic carbocycles. The highest BCUT2D eigenvalue weighted by Gasteiger charge is 2.23. The van der Waals surface area contributed by atoms with Crippen molar-refractivity contribution in [3.63, 3.8) is 0 Å². The summed E-state index contributed by atoms with van der Waals surface area (Å²) in [6.07, 6.45) is 14.8. The second-order valence-corrected chi connectivity index (χ2v) is 13.9. The Morgan fingerprint density at radius 1 is 0.553 bits per heavy atom. The quantitative estimate of drug-likeness (QED) is 0.183. The largest absolute Gasteiger partial charge is 0.310 e. The Bertz CT molecular complexity index is 2940. The highest BCUT2D eigenvalue weighted by molar-refractivity contribution is 7.27. The van der Waals surface area contributed by atoms with Crippen molar-refractivity contribution in [3.8, 4) is 5.69 Å². The molecule has 0 amide bonds. The fourth-order valence-electron chi connectivity index (χ4n) is 8.27. The van der Waals surface area contributed by atoms with Gasteiger partial charge in [0.1, 0.15) is 0 Å². The Labute approximate surface area is 275 Å². The summed E-state index contributed by atoms with van der Waals surface area (Å²) in [6, 6.07) is 42.7. The van der Waals surface area contributed by atoms with Crippen LogP contribution in [0, 0.1) is 5.92 Å². The van der Waals surface area contributed by atoms with Crippen LogP contribution < -0.4 is 0 Å². The van der Waals surface area contributed by atoms with Gasteiger partial charge >= 0.3 is 0 Å². The number of thiophene rings is 1. The SMILES string of the molecule is C1=CC2=CC(n3c4ccccc4c4c5sc6c(ccc7c6c6ccccc6n7-c6ccc7ccccc7c6)c5ccc43)=CCC2C=C1. The predicted octanol–water partition coefficient (Wildman–Crippen LogP) is 12.3. The third kappa shape index (κ3) is 3.49. The molecule has 3 aromatic heterocycles. The van der Waals surface area contributed by atoms with Crippen molar-refractivity contribution in [1.29, 1.82) is 0 Å². The van der Waals surface area contributed by atoms with Crippen molar-refractivity contribution in [1.82, 2.24) is 9.13 Å². The molecule has 2 aliphatic rings. The van der Waals surface area contributed by atoms with Crippen LogP contribution in [0.2, 0.25) is 0 Å². The summed E-state index contributed by atoms with van der Waals surface area (Å²) in [5.41, 5.74) is 8.89. The molecular formula is C44H28N2S. The number of aromatic nitrogens is 2. The van der Waals surface area contributed by atoms with E-state index in [0.29, 0.717) is 5.92 Å². The number of hydrogen-bond acceptors (Lipinski definition) is 1. The monoisotopic (exact) mass is 616 g/mol. The van der Waals surface area contributed by atoms with Gasteiger partial charge in [-0.1, -0.05) is 109 Å². The van der Waals surface area contributed by atoms with Gasteiger partial charge < -0.3 is 9.13 Å². The number of rotatable bonds is 2. The molecule has 47 heavy (non-hydrogen) atoms. The van der Waals surface area contributed by atoms with Gasteiger partial charge in [0.25, 0.3) is 0 Å². The molecule has 0 saturated carbocycles. The lowest BCUT2D eigenvalue weighted by atomic mass is 9.87. The van der Waals surface area contributed by atoms with E-state index in [-0.39, 0.29) is 0 Å². The minimum absolute atomic E-state index is 0.477. The first kappa shape index (κ1) is 25.5. The lowest BCUT2D eigenvalue weighted by Crippen LogP contribution is -2.08. The summed E-state index contributed by atoms with van der Waals surface area (Å²) in [5, 5.41) is 10.5. The molecule has 0 spiro atoms. The lowest BCUT2D eigenvalue weighted by Gasteiger charge is -2.22. The van der Waals surface area contributed by atoms with Gasteiger partial charge in [-0.25, -0.2) is 0 Å². The molecule has 3 heterocycles. The molecule has 6 aromatic carbocycles. The number of fused-ring (bicyclic) bond motifs is 13. The molecule has 1 atom stereocenters. The molecule has 2 nitrogen and oxygen atoms in total. The van der Waals surface area contributed by atoms with Gasteiger partial charge in [-0.2, -0.15) is 0 Å². The van der Waals surface area contributed by atoms with E-state index in [1.807, 2.05) is 11.3 Å². The average Bonchev–Trinajstić information content (AvgIpc) is 3.78. The Morgan fingerprint density at radius 2 is 1.21 bits per heavy atom. The number of allylic oxidation sites excluding steroid dienone is 8. The lowest BCUT2D eigenvalue weighted by molar-refractivity contribution is 0.777. The van der Waals surface area contributed by atoms with Crippen LogP contribution in [0.15, 0.2) is 157 Å². The van der Waals surface area contributed by atoms with Crippen molar-refractivity contribution >= 4 is 91.6 Å². The van der Waals surface area contributed by atoms with Crippen molar-refractivity contribution in [2.24, 2.45) is 5.92 Å². The number of hydrogen-bond donors (Lipinski definition) is 0. The minimum atomic E-state index is 0.477. The van der Waals surface area contributed by atoms with E-state index in [9.17, 15) is 0 Å². The third-order valence-electron chi connectivity index (χ3n) is 10.4. The molecule has 0 N–H and O–H groups in total. The predicted molar refractivity (Wildman–Crippen MR) is 203 cm³/mol. The number of benzene rings is 6. The van der Waals surface area contributed by atoms with E-state index in [1.165, 1.54) is 91.5 Å². The van der Waals surface area contributed by atoms with Crippen molar-refractivity contribution < 1.29 is 0 Å². The second kappa shape index (κ2) is 9.45. The van der Waals surface area contributed by atoms with E-state index in [1.54, 1.807) is 0 Å². The first-order valence-corrected chi connectivity index (χ1v) is 17.2. The van der Waals surface area contributed by atoms with Gasteiger partial charge in [0.15, 0.2) is 0 Å². The molecule has 0 radical (unpaired) electrons. The fraction of sp³-hybridized carbons (Fsp3) is 0.0455. The van der Waals surface area contributed by atoms with Crippen LogP contribution >= 0.6 is 11.3 Å². The summed E-state index contributed by atoms with van der Waals surface area (Å²) in [7, 11) is 0. The first-order valence-electron chi connectivity index (χ1n) is 16.4. The normalized spacial score (nSPS) is 16.3. The Hall–Kier alpha value is -5.64. The highest BCUT2D eigenvalue weighted by Crippen LogP contribution is 2.48.